The summed E-state index contributed by atoms with van der Waals surface area (Å²) in [5.74, 6) is -1.03. The molecule has 0 aliphatic heterocycles. The molecule has 0 spiro atoms. The first-order valence-corrected chi connectivity index (χ1v) is 6.23. The summed E-state index contributed by atoms with van der Waals surface area (Å²) >= 11 is 6.10. The highest BCUT2D eigenvalue weighted by molar-refractivity contribution is 6.33. The molecule has 0 aromatic heterocycles. The van der Waals surface area contributed by atoms with Crippen LogP contribution in [0, 0.1) is 0 Å². The smallest absolute Gasteiger partial charge is 0.339 e. The molecule has 5 heteroatoms. The minimum absolute atomic E-state index is 0.118. The maximum atomic E-state index is 11.3. The van der Waals surface area contributed by atoms with E-state index in [1.807, 2.05) is 0 Å². The fourth-order valence-electron chi connectivity index (χ4n) is 2.31. The lowest BCUT2D eigenvalue weighted by atomic mass is 9.89. The van der Waals surface area contributed by atoms with E-state index in [1.54, 1.807) is 6.07 Å². The maximum Gasteiger partial charge on any atom is 0.339 e. The van der Waals surface area contributed by atoms with Gasteiger partial charge in [0.25, 0.3) is 0 Å². The molecule has 1 aromatic rings. The molecular formula is C13H15ClO4. The topological polar surface area (TPSA) is 66.8 Å². The Hall–Kier alpha value is -1.26. The fraction of sp³-hybridized carbons (Fsp3) is 0.462. The summed E-state index contributed by atoms with van der Waals surface area (Å²) < 4.78 is 4.46. The average Bonchev–Trinajstić information content (AvgIpc) is 2.41. The molecule has 1 aliphatic carbocycles. The third-order valence-electron chi connectivity index (χ3n) is 3.31. The molecular weight excluding hydrogens is 256 g/mol. The number of rotatable bonds is 2. The van der Waals surface area contributed by atoms with Crippen molar-refractivity contribution in [1.29, 1.82) is 0 Å². The maximum absolute atomic E-state index is 11.3. The molecule has 4 nitrogen and oxygen atoms in total. The fourth-order valence-corrected chi connectivity index (χ4v) is 2.64. The Bertz CT molecular complexity index is 484. The number of phenolic OH excluding ortho intramolecular Hbond substituents is 1. The van der Waals surface area contributed by atoms with Crippen LogP contribution in [-0.4, -0.2) is 23.3 Å². The highest BCUT2D eigenvalue weighted by atomic mass is 35.5. The van der Waals surface area contributed by atoms with E-state index in [-0.39, 0.29) is 16.3 Å². The van der Waals surface area contributed by atoms with Gasteiger partial charge in [0, 0.05) is 5.56 Å². The van der Waals surface area contributed by atoms with Gasteiger partial charge in [-0.1, -0.05) is 11.6 Å². The third-order valence-corrected chi connectivity index (χ3v) is 3.71. The molecule has 1 unspecified atom stereocenters. The minimum atomic E-state index is -1.50. The summed E-state index contributed by atoms with van der Waals surface area (Å²) in [6.45, 7) is 0. The number of phenols is 1. The van der Waals surface area contributed by atoms with Gasteiger partial charge in [0.2, 0.25) is 0 Å². The lowest BCUT2D eigenvalue weighted by Crippen LogP contribution is -2.15. The van der Waals surface area contributed by atoms with Crippen LogP contribution in [0.4, 0.5) is 0 Å². The van der Waals surface area contributed by atoms with Gasteiger partial charge in [0.1, 0.15) is 5.75 Å². The number of esters is 1. The second-order valence-corrected chi connectivity index (χ2v) is 4.78. The molecule has 0 saturated carbocycles. The van der Waals surface area contributed by atoms with Crippen molar-refractivity contribution in [1.82, 2.24) is 0 Å². The van der Waals surface area contributed by atoms with Gasteiger partial charge in [-0.3, -0.25) is 0 Å². The number of aliphatic hydroxyl groups excluding tert-OH is 1. The highest BCUT2D eigenvalue weighted by Gasteiger charge is 2.26. The van der Waals surface area contributed by atoms with Gasteiger partial charge in [-0.25, -0.2) is 4.79 Å². The second kappa shape index (κ2) is 5.16. The molecule has 0 bridgehead atoms. The van der Waals surface area contributed by atoms with Crippen molar-refractivity contribution in [3.05, 3.63) is 27.8 Å². The van der Waals surface area contributed by atoms with Gasteiger partial charge in [0.15, 0.2) is 6.10 Å². The number of aliphatic hydroxyl groups is 1. The van der Waals surface area contributed by atoms with Gasteiger partial charge < -0.3 is 14.9 Å². The predicted molar refractivity (Wildman–Crippen MR) is 66.7 cm³/mol. The van der Waals surface area contributed by atoms with E-state index in [0.717, 1.165) is 36.8 Å². The number of ether oxygens (including phenoxy) is 1. The summed E-state index contributed by atoms with van der Waals surface area (Å²) in [7, 11) is 1.18. The molecule has 0 radical (unpaired) electrons. The standard InChI is InChI=1S/C13H15ClO4/c1-18-13(17)12(16)9-6-7-4-2-3-5-8(7)10(14)11(9)15/h6,12,15-16H,2-5H2,1H3. The molecule has 18 heavy (non-hydrogen) atoms. The highest BCUT2D eigenvalue weighted by Crippen LogP contribution is 2.39. The first-order chi connectivity index (χ1) is 8.56. The van der Waals surface area contributed by atoms with E-state index in [4.69, 9.17) is 11.6 Å². The summed E-state index contributed by atoms with van der Waals surface area (Å²) in [6, 6.07) is 1.65. The predicted octanol–water partition coefficient (Wildman–Crippen LogP) is 2.13. The van der Waals surface area contributed by atoms with Crippen molar-refractivity contribution in [2.75, 3.05) is 7.11 Å². The van der Waals surface area contributed by atoms with Gasteiger partial charge >= 0.3 is 5.97 Å². The van der Waals surface area contributed by atoms with E-state index in [1.165, 1.54) is 7.11 Å². The SMILES string of the molecule is COC(=O)C(O)c1cc2c(c(Cl)c1O)CCCC2. The molecule has 0 amide bonds. The van der Waals surface area contributed by atoms with Crippen molar-refractivity contribution in [2.24, 2.45) is 0 Å². The Labute approximate surface area is 110 Å². The number of fused-ring (bicyclic) bond motifs is 1. The lowest BCUT2D eigenvalue weighted by Gasteiger charge is -2.21. The van der Waals surface area contributed by atoms with Crippen molar-refractivity contribution in [3.63, 3.8) is 0 Å². The first kappa shape index (κ1) is 13.2. The van der Waals surface area contributed by atoms with Crippen LogP contribution in [0.2, 0.25) is 5.02 Å². The Balaban J connectivity index is 2.49. The van der Waals surface area contributed by atoms with Crippen LogP contribution in [0.1, 0.15) is 35.6 Å². The largest absolute Gasteiger partial charge is 0.506 e. The van der Waals surface area contributed by atoms with Crippen LogP contribution < -0.4 is 0 Å². The molecule has 1 aliphatic rings. The van der Waals surface area contributed by atoms with E-state index in [2.05, 4.69) is 4.74 Å². The van der Waals surface area contributed by atoms with E-state index < -0.39 is 12.1 Å². The monoisotopic (exact) mass is 270 g/mol. The Morgan fingerprint density at radius 3 is 2.78 bits per heavy atom. The number of carbonyl (C=O) groups is 1. The van der Waals surface area contributed by atoms with Gasteiger partial charge in [-0.15, -0.1) is 0 Å². The summed E-state index contributed by atoms with van der Waals surface area (Å²) in [6.07, 6.45) is 2.24. The zero-order chi connectivity index (χ0) is 13.3. The number of aromatic hydroxyl groups is 1. The zero-order valence-electron chi connectivity index (χ0n) is 10.1. The van der Waals surface area contributed by atoms with Crippen LogP contribution in [0.3, 0.4) is 0 Å². The van der Waals surface area contributed by atoms with Crippen molar-refractivity contribution in [3.8, 4) is 5.75 Å². The number of hydrogen-bond donors (Lipinski definition) is 2. The van der Waals surface area contributed by atoms with Crippen LogP contribution in [0.25, 0.3) is 0 Å². The number of carbonyl (C=O) groups excluding carboxylic acids is 1. The van der Waals surface area contributed by atoms with Crippen LogP contribution >= 0.6 is 11.6 Å². The average molecular weight is 271 g/mol. The summed E-state index contributed by atoms with van der Waals surface area (Å²) in [4.78, 5) is 11.3. The molecule has 2 rings (SSSR count). The van der Waals surface area contributed by atoms with Crippen molar-refractivity contribution in [2.45, 2.75) is 31.8 Å². The van der Waals surface area contributed by atoms with Gasteiger partial charge in [-0.05, 0) is 42.9 Å². The van der Waals surface area contributed by atoms with Crippen LogP contribution in [-0.2, 0) is 22.4 Å². The van der Waals surface area contributed by atoms with Crippen LogP contribution in [0.5, 0.6) is 5.75 Å². The lowest BCUT2D eigenvalue weighted by molar-refractivity contribution is -0.150. The Morgan fingerprint density at radius 1 is 1.44 bits per heavy atom. The van der Waals surface area contributed by atoms with E-state index >= 15 is 0 Å². The summed E-state index contributed by atoms with van der Waals surface area (Å²) in [5, 5.41) is 20.0. The quantitative estimate of drug-likeness (QED) is 0.808. The molecule has 2 N–H and O–H groups in total. The number of halogens is 1. The van der Waals surface area contributed by atoms with Crippen molar-refractivity contribution >= 4 is 17.6 Å². The minimum Gasteiger partial charge on any atom is -0.506 e. The Morgan fingerprint density at radius 2 is 2.11 bits per heavy atom. The zero-order valence-corrected chi connectivity index (χ0v) is 10.8. The van der Waals surface area contributed by atoms with Crippen molar-refractivity contribution < 1.29 is 19.7 Å². The molecule has 0 fully saturated rings. The molecule has 0 heterocycles. The number of hydrogen-bond acceptors (Lipinski definition) is 4. The second-order valence-electron chi connectivity index (χ2n) is 4.40. The van der Waals surface area contributed by atoms with Gasteiger partial charge in [-0.2, -0.15) is 0 Å². The normalized spacial score (nSPS) is 15.9. The van der Waals surface area contributed by atoms with E-state index in [9.17, 15) is 15.0 Å². The van der Waals surface area contributed by atoms with Crippen LogP contribution in [0.15, 0.2) is 6.07 Å². The Kier molecular flexibility index (Phi) is 3.78. The molecule has 98 valence electrons. The number of aryl methyl sites for hydroxylation is 1. The molecule has 1 atom stereocenters. The molecule has 1 aromatic carbocycles. The summed E-state index contributed by atoms with van der Waals surface area (Å²) in [5.41, 5.74) is 2.02. The van der Waals surface area contributed by atoms with Gasteiger partial charge in [0.05, 0.1) is 12.1 Å². The number of benzene rings is 1. The third kappa shape index (κ3) is 2.18. The number of methoxy groups -OCH3 is 1. The first-order valence-electron chi connectivity index (χ1n) is 5.85. The molecule has 0 saturated heterocycles. The van der Waals surface area contributed by atoms with E-state index in [0.29, 0.717) is 0 Å².